The molecule has 2 N–H and O–H groups in total. The molecule has 4 saturated carbocycles. The summed E-state index contributed by atoms with van der Waals surface area (Å²) >= 11 is 0. The Balaban J connectivity index is 1.26. The third-order valence-electron chi connectivity index (χ3n) is 7.85. The first-order valence-electron chi connectivity index (χ1n) is 12.3. The molecule has 170 valence electrons. The molecule has 6 nitrogen and oxygen atoms in total. The number of nitrogens with one attached hydrogen (secondary N) is 2. The van der Waals surface area contributed by atoms with Gasteiger partial charge < -0.3 is 15.5 Å². The molecule has 4 bridgehead atoms. The number of amides is 1. The maximum atomic E-state index is 13.3. The third kappa shape index (κ3) is 4.07. The van der Waals surface area contributed by atoms with E-state index >= 15 is 0 Å². The number of nitrogens with zero attached hydrogens (tertiary/aromatic N) is 3. The average Bonchev–Trinajstić information content (AvgIpc) is 2.75. The number of aryl methyl sites for hydroxylation is 1. The van der Waals surface area contributed by atoms with Gasteiger partial charge in [0.2, 0.25) is 11.9 Å². The van der Waals surface area contributed by atoms with Gasteiger partial charge in [0.05, 0.1) is 5.41 Å². The number of aromatic nitrogens is 2. The van der Waals surface area contributed by atoms with E-state index in [1.807, 2.05) is 37.3 Å². The van der Waals surface area contributed by atoms with Crippen LogP contribution in [0.1, 0.15) is 58.1 Å². The normalized spacial score (nSPS) is 27.9. The van der Waals surface area contributed by atoms with E-state index in [2.05, 4.69) is 39.3 Å². The zero-order valence-corrected chi connectivity index (χ0v) is 19.5. The summed E-state index contributed by atoms with van der Waals surface area (Å²) in [5, 5.41) is 6.55. The molecule has 4 aliphatic carbocycles. The predicted octanol–water partition coefficient (Wildman–Crippen LogP) is 5.53. The molecule has 0 radical (unpaired) electrons. The Hall–Kier alpha value is -2.63. The number of benzene rings is 1. The van der Waals surface area contributed by atoms with Crippen molar-refractivity contribution in [2.75, 3.05) is 28.6 Å². The summed E-state index contributed by atoms with van der Waals surface area (Å²) in [5.41, 5.74) is 2.59. The first-order valence-corrected chi connectivity index (χ1v) is 12.3. The Bertz CT molecular complexity index is 947. The van der Waals surface area contributed by atoms with E-state index in [1.165, 1.54) is 19.3 Å². The number of hydrogen-bond acceptors (Lipinski definition) is 5. The molecule has 4 fully saturated rings. The highest BCUT2D eigenvalue weighted by Crippen LogP contribution is 2.60. The molecule has 0 aliphatic heterocycles. The fourth-order valence-corrected chi connectivity index (χ4v) is 6.74. The van der Waals surface area contributed by atoms with Crippen molar-refractivity contribution in [2.45, 2.75) is 59.3 Å². The maximum absolute atomic E-state index is 13.3. The van der Waals surface area contributed by atoms with Crippen LogP contribution >= 0.6 is 0 Å². The van der Waals surface area contributed by atoms with Crippen LogP contribution in [0.15, 0.2) is 30.3 Å². The second-order valence-electron chi connectivity index (χ2n) is 10.2. The zero-order valence-electron chi connectivity index (χ0n) is 19.5. The minimum absolute atomic E-state index is 0.123. The first-order chi connectivity index (χ1) is 15.5. The smallest absolute Gasteiger partial charge is 0.230 e. The fourth-order valence-electron chi connectivity index (χ4n) is 6.74. The van der Waals surface area contributed by atoms with Gasteiger partial charge >= 0.3 is 0 Å². The highest BCUT2D eigenvalue weighted by molar-refractivity contribution is 5.95. The zero-order chi connectivity index (χ0) is 22.3. The van der Waals surface area contributed by atoms with Crippen LogP contribution in [0, 0.1) is 30.1 Å². The average molecular weight is 434 g/mol. The standard InChI is InChI=1S/C26H35N5O/c1-4-31(5-2)23-10-17(3)27-25(30-23)29-22-8-6-21(7-9-22)28-24(32)26-14-18-11-19(15-26)13-20(12-18)16-26/h6-10,18-20H,4-5,11-16H2,1-3H3,(H,28,32)(H,27,29,30). The van der Waals surface area contributed by atoms with E-state index in [4.69, 9.17) is 0 Å². The van der Waals surface area contributed by atoms with Crippen molar-refractivity contribution in [3.63, 3.8) is 0 Å². The van der Waals surface area contributed by atoms with Gasteiger partial charge in [-0.05, 0) is 101 Å². The summed E-state index contributed by atoms with van der Waals surface area (Å²) in [5.74, 6) is 4.09. The van der Waals surface area contributed by atoms with Crippen LogP contribution < -0.4 is 15.5 Å². The second kappa shape index (κ2) is 8.38. The number of rotatable bonds is 7. The van der Waals surface area contributed by atoms with Crippen LogP contribution in [-0.2, 0) is 4.79 Å². The van der Waals surface area contributed by atoms with E-state index < -0.39 is 0 Å². The van der Waals surface area contributed by atoms with Crippen molar-refractivity contribution in [1.29, 1.82) is 0 Å². The highest BCUT2D eigenvalue weighted by atomic mass is 16.2. The minimum Gasteiger partial charge on any atom is -0.357 e. The van der Waals surface area contributed by atoms with Gasteiger partial charge in [0.1, 0.15) is 5.82 Å². The van der Waals surface area contributed by atoms with E-state index in [0.29, 0.717) is 5.95 Å². The number of anilines is 4. The lowest BCUT2D eigenvalue weighted by Gasteiger charge is -2.55. The molecule has 2 aromatic rings. The molecular formula is C26H35N5O. The van der Waals surface area contributed by atoms with E-state index in [1.54, 1.807) is 0 Å². The lowest BCUT2D eigenvalue weighted by atomic mass is 9.49. The molecule has 1 aromatic carbocycles. The van der Waals surface area contributed by atoms with Crippen molar-refractivity contribution in [3.05, 3.63) is 36.0 Å². The summed E-state index contributed by atoms with van der Waals surface area (Å²) in [6.07, 6.45) is 7.32. The molecule has 6 rings (SSSR count). The highest BCUT2D eigenvalue weighted by Gasteiger charge is 2.54. The number of carbonyl (C=O) groups is 1. The molecule has 0 saturated heterocycles. The van der Waals surface area contributed by atoms with Crippen molar-refractivity contribution < 1.29 is 4.79 Å². The molecule has 0 spiro atoms. The fraction of sp³-hybridized carbons (Fsp3) is 0.577. The summed E-state index contributed by atoms with van der Waals surface area (Å²) in [4.78, 5) is 24.7. The Morgan fingerprint density at radius 1 is 0.969 bits per heavy atom. The summed E-state index contributed by atoms with van der Waals surface area (Å²) in [6.45, 7) is 8.06. The van der Waals surface area contributed by atoms with E-state index in [0.717, 1.165) is 73.0 Å². The SMILES string of the molecule is CCN(CC)c1cc(C)nc(Nc2ccc(NC(=O)C34CC5CC(CC(C5)C3)C4)cc2)n1. The molecule has 32 heavy (non-hydrogen) atoms. The Labute approximate surface area is 191 Å². The number of carbonyl (C=O) groups excluding carboxylic acids is 1. The Kier molecular flexibility index (Phi) is 5.56. The second-order valence-corrected chi connectivity index (χ2v) is 10.2. The van der Waals surface area contributed by atoms with Crippen LogP contribution in [0.4, 0.5) is 23.1 Å². The predicted molar refractivity (Wildman–Crippen MR) is 129 cm³/mol. The van der Waals surface area contributed by atoms with Gasteiger partial charge in [0, 0.05) is 36.2 Å². The Morgan fingerprint density at radius 3 is 2.09 bits per heavy atom. The van der Waals surface area contributed by atoms with Crippen LogP contribution in [0.2, 0.25) is 0 Å². The van der Waals surface area contributed by atoms with Gasteiger partial charge in [0.15, 0.2) is 0 Å². The molecule has 0 atom stereocenters. The van der Waals surface area contributed by atoms with Crippen molar-refractivity contribution in [3.8, 4) is 0 Å². The van der Waals surface area contributed by atoms with Crippen molar-refractivity contribution in [2.24, 2.45) is 23.2 Å². The summed E-state index contributed by atoms with van der Waals surface area (Å²) in [6, 6.07) is 9.93. The number of hydrogen-bond donors (Lipinski definition) is 2. The monoisotopic (exact) mass is 433 g/mol. The van der Waals surface area contributed by atoms with Gasteiger partial charge in [-0.25, -0.2) is 4.98 Å². The molecular weight excluding hydrogens is 398 g/mol. The molecule has 4 aliphatic rings. The quantitative estimate of drug-likeness (QED) is 0.601. The molecule has 1 amide bonds. The van der Waals surface area contributed by atoms with Gasteiger partial charge in [-0.1, -0.05) is 0 Å². The molecule has 1 heterocycles. The van der Waals surface area contributed by atoms with Crippen molar-refractivity contribution >= 4 is 29.0 Å². The molecule has 1 aromatic heterocycles. The lowest BCUT2D eigenvalue weighted by molar-refractivity contribution is -0.140. The van der Waals surface area contributed by atoms with E-state index in [9.17, 15) is 4.79 Å². The first kappa shape index (κ1) is 21.2. The molecule has 0 unspecified atom stereocenters. The van der Waals surface area contributed by atoms with Gasteiger partial charge in [-0.3, -0.25) is 4.79 Å². The summed E-state index contributed by atoms with van der Waals surface area (Å²) in [7, 11) is 0. The topological polar surface area (TPSA) is 70.2 Å². The summed E-state index contributed by atoms with van der Waals surface area (Å²) < 4.78 is 0. The minimum atomic E-state index is -0.123. The van der Waals surface area contributed by atoms with E-state index in [-0.39, 0.29) is 11.3 Å². The van der Waals surface area contributed by atoms with Crippen LogP contribution in [0.5, 0.6) is 0 Å². The van der Waals surface area contributed by atoms with Gasteiger partial charge in [-0.15, -0.1) is 0 Å². The lowest BCUT2D eigenvalue weighted by Crippen LogP contribution is -2.51. The Morgan fingerprint density at radius 2 is 1.53 bits per heavy atom. The largest absolute Gasteiger partial charge is 0.357 e. The third-order valence-corrected chi connectivity index (χ3v) is 7.85. The maximum Gasteiger partial charge on any atom is 0.230 e. The van der Waals surface area contributed by atoms with Crippen LogP contribution in [-0.4, -0.2) is 29.0 Å². The van der Waals surface area contributed by atoms with Gasteiger partial charge in [-0.2, -0.15) is 4.98 Å². The van der Waals surface area contributed by atoms with Crippen LogP contribution in [0.25, 0.3) is 0 Å². The molecule has 6 heteroatoms. The van der Waals surface area contributed by atoms with Gasteiger partial charge in [0.25, 0.3) is 0 Å². The van der Waals surface area contributed by atoms with Crippen LogP contribution in [0.3, 0.4) is 0 Å². The van der Waals surface area contributed by atoms with Crippen molar-refractivity contribution in [1.82, 2.24) is 9.97 Å².